The summed E-state index contributed by atoms with van der Waals surface area (Å²) >= 11 is 1.24. The van der Waals surface area contributed by atoms with Gasteiger partial charge in [0.05, 0.1) is 19.1 Å². The minimum absolute atomic E-state index is 0. The van der Waals surface area contributed by atoms with Crippen molar-refractivity contribution in [1.29, 1.82) is 0 Å². The number of hydrogen-bond acceptors (Lipinski definition) is 4. The minimum Gasteiger partial charge on any atom is -0.384 e. The largest absolute Gasteiger partial charge is 0.397 e. The quantitative estimate of drug-likeness (QED) is 0.706. The van der Waals surface area contributed by atoms with Crippen molar-refractivity contribution in [3.8, 4) is 0 Å². The number of thiophene rings is 1. The maximum absolute atomic E-state index is 13.6. The number of benzene rings is 1. The molecule has 1 atom stereocenters. The number of fused-ring (bicyclic) bond motifs is 1. The molecule has 0 amide bonds. The van der Waals surface area contributed by atoms with Crippen LogP contribution in [-0.4, -0.2) is 50.5 Å². The zero-order chi connectivity index (χ0) is 19.7. The normalized spacial score (nSPS) is 18.0. The molecule has 7 heteroatoms. The Morgan fingerprint density at radius 2 is 1.89 bits per heavy atom. The van der Waals surface area contributed by atoms with Crippen LogP contribution in [0.1, 0.15) is 33.0 Å². The van der Waals surface area contributed by atoms with Crippen LogP contribution in [0.3, 0.4) is 0 Å². The Hall–Kier alpha value is -1.31. The lowest BCUT2D eigenvalue weighted by Gasteiger charge is -2.31. The van der Waals surface area contributed by atoms with E-state index in [1.807, 2.05) is 18.2 Å². The second kappa shape index (κ2) is 7.97. The van der Waals surface area contributed by atoms with E-state index in [0.29, 0.717) is 4.88 Å². The van der Waals surface area contributed by atoms with Crippen LogP contribution in [-0.2, 0) is 4.74 Å². The third-order valence-electron chi connectivity index (χ3n) is 4.87. The molecular formula is C20H29F3N2OS. The summed E-state index contributed by atoms with van der Waals surface area (Å²) in [5.74, 6) is -1.46. The van der Waals surface area contributed by atoms with E-state index in [2.05, 4.69) is 10.2 Å². The number of hydrogen-bond donors (Lipinski definition) is 1. The van der Waals surface area contributed by atoms with Crippen LogP contribution in [0.15, 0.2) is 24.3 Å². The molecule has 152 valence electrons. The lowest BCUT2D eigenvalue weighted by atomic mass is 9.79. The van der Waals surface area contributed by atoms with E-state index in [0.717, 1.165) is 55.2 Å². The molecule has 1 fully saturated rings. The van der Waals surface area contributed by atoms with E-state index in [4.69, 9.17) is 4.74 Å². The molecule has 1 aliphatic rings. The smallest absolute Gasteiger partial charge is 0.384 e. The number of anilines is 1. The summed E-state index contributed by atoms with van der Waals surface area (Å²) in [6.07, 6.45) is -4.25. The van der Waals surface area contributed by atoms with Crippen LogP contribution in [0, 0.1) is 5.41 Å². The first-order chi connectivity index (χ1) is 12.6. The van der Waals surface area contributed by atoms with Gasteiger partial charge in [-0.1, -0.05) is 20.8 Å². The van der Waals surface area contributed by atoms with Gasteiger partial charge in [-0.05, 0) is 35.1 Å². The highest BCUT2D eigenvalue weighted by Gasteiger charge is 2.48. The van der Waals surface area contributed by atoms with Gasteiger partial charge in [0.15, 0.2) is 0 Å². The Morgan fingerprint density at radius 1 is 1.19 bits per heavy atom. The first-order valence-electron chi connectivity index (χ1n) is 9.29. The molecule has 1 aliphatic heterocycles. The van der Waals surface area contributed by atoms with Crippen molar-refractivity contribution < 1.29 is 19.3 Å². The number of rotatable bonds is 5. The van der Waals surface area contributed by atoms with E-state index in [9.17, 15) is 13.2 Å². The predicted molar refractivity (Wildman–Crippen MR) is 108 cm³/mol. The fraction of sp³-hybridized carbons (Fsp3) is 0.600. The molecule has 1 aromatic carbocycles. The Kier molecular flexibility index (Phi) is 6.03. The maximum atomic E-state index is 13.6. The SMILES string of the molecule is CC(C)(C)C(c1cc2cc(NCCN3CCOCC3)ccc2s1)C(F)(F)F.[HH]. The van der Waals surface area contributed by atoms with Gasteiger partial charge in [0.2, 0.25) is 0 Å². The summed E-state index contributed by atoms with van der Waals surface area (Å²) in [7, 11) is 0. The van der Waals surface area contributed by atoms with Gasteiger partial charge in [0.25, 0.3) is 0 Å². The number of nitrogens with one attached hydrogen (secondary N) is 1. The van der Waals surface area contributed by atoms with Crippen molar-refractivity contribution in [3.63, 3.8) is 0 Å². The first kappa shape index (κ1) is 20.4. The molecule has 0 bridgehead atoms. The molecule has 27 heavy (non-hydrogen) atoms. The summed E-state index contributed by atoms with van der Waals surface area (Å²) in [5.41, 5.74) is 0.0673. The molecule has 0 aliphatic carbocycles. The zero-order valence-corrected chi connectivity index (χ0v) is 16.8. The van der Waals surface area contributed by atoms with Crippen LogP contribution in [0.5, 0.6) is 0 Å². The van der Waals surface area contributed by atoms with Gasteiger partial charge >= 0.3 is 6.18 Å². The third kappa shape index (κ3) is 5.15. The van der Waals surface area contributed by atoms with Crippen molar-refractivity contribution >= 4 is 27.1 Å². The van der Waals surface area contributed by atoms with Gasteiger partial charge in [-0.25, -0.2) is 0 Å². The number of nitrogens with zero attached hydrogens (tertiary/aromatic N) is 1. The van der Waals surface area contributed by atoms with Crippen molar-refractivity contribution in [2.24, 2.45) is 5.41 Å². The van der Waals surface area contributed by atoms with E-state index in [1.165, 1.54) is 11.3 Å². The Morgan fingerprint density at radius 3 is 2.52 bits per heavy atom. The predicted octanol–water partition coefficient (Wildman–Crippen LogP) is 5.58. The standard InChI is InChI=1S/C20H27F3N2OS.H2/c1-19(2,3)18(20(21,22)23)17-13-14-12-15(4-5-16(14)27-17)24-6-7-25-8-10-26-11-9-25;/h4-5,12-13,18,24H,6-11H2,1-3H3;1H. The Balaban J connectivity index is 0.00000280. The second-order valence-corrected chi connectivity index (χ2v) is 9.24. The van der Waals surface area contributed by atoms with Crippen LogP contribution in [0.25, 0.3) is 10.1 Å². The summed E-state index contributed by atoms with van der Waals surface area (Å²) in [6, 6.07) is 7.51. The topological polar surface area (TPSA) is 24.5 Å². The van der Waals surface area contributed by atoms with Gasteiger partial charge in [0, 0.05) is 42.9 Å². The monoisotopic (exact) mass is 402 g/mol. The van der Waals surface area contributed by atoms with Crippen molar-refractivity contribution in [2.75, 3.05) is 44.7 Å². The summed E-state index contributed by atoms with van der Waals surface area (Å²) in [4.78, 5) is 2.73. The summed E-state index contributed by atoms with van der Waals surface area (Å²) in [5, 5.41) is 4.25. The zero-order valence-electron chi connectivity index (χ0n) is 16.0. The first-order valence-corrected chi connectivity index (χ1v) is 10.1. The molecule has 0 radical (unpaired) electrons. The molecule has 1 saturated heterocycles. The van der Waals surface area contributed by atoms with E-state index in [-0.39, 0.29) is 1.43 Å². The Labute approximate surface area is 164 Å². The lowest BCUT2D eigenvalue weighted by Crippen LogP contribution is -2.38. The molecule has 3 rings (SSSR count). The maximum Gasteiger partial charge on any atom is 0.397 e. The number of morpholine rings is 1. The molecule has 1 aromatic heterocycles. The molecule has 2 aromatic rings. The van der Waals surface area contributed by atoms with Crippen LogP contribution < -0.4 is 5.32 Å². The molecule has 0 saturated carbocycles. The van der Waals surface area contributed by atoms with E-state index < -0.39 is 17.5 Å². The van der Waals surface area contributed by atoms with Crippen molar-refractivity contribution in [3.05, 3.63) is 29.1 Å². The molecule has 2 heterocycles. The molecular weight excluding hydrogens is 373 g/mol. The highest BCUT2D eigenvalue weighted by atomic mass is 32.1. The molecule has 3 nitrogen and oxygen atoms in total. The fourth-order valence-corrected chi connectivity index (χ4v) is 4.99. The van der Waals surface area contributed by atoms with Gasteiger partial charge < -0.3 is 10.1 Å². The minimum atomic E-state index is -4.25. The van der Waals surface area contributed by atoms with Gasteiger partial charge in [0.1, 0.15) is 0 Å². The van der Waals surface area contributed by atoms with Crippen molar-refractivity contribution in [1.82, 2.24) is 4.90 Å². The highest BCUT2D eigenvalue weighted by molar-refractivity contribution is 7.19. The second-order valence-electron chi connectivity index (χ2n) is 8.12. The number of alkyl halides is 3. The molecule has 0 spiro atoms. The third-order valence-corrected chi connectivity index (χ3v) is 6.06. The average molecular weight is 403 g/mol. The highest BCUT2D eigenvalue weighted by Crippen LogP contribution is 2.49. The Bertz CT molecular complexity index is 753. The average Bonchev–Trinajstić information content (AvgIpc) is 2.95. The number of halogens is 3. The van der Waals surface area contributed by atoms with Crippen LogP contribution >= 0.6 is 11.3 Å². The van der Waals surface area contributed by atoms with Gasteiger partial charge in [-0.15, -0.1) is 11.3 Å². The van der Waals surface area contributed by atoms with Gasteiger partial charge in [-0.3, -0.25) is 4.90 Å². The van der Waals surface area contributed by atoms with E-state index >= 15 is 0 Å². The fourth-order valence-electron chi connectivity index (χ4n) is 3.58. The van der Waals surface area contributed by atoms with E-state index in [1.54, 1.807) is 26.8 Å². The van der Waals surface area contributed by atoms with Crippen LogP contribution in [0.2, 0.25) is 0 Å². The summed E-state index contributed by atoms with van der Waals surface area (Å²) < 4.78 is 47.1. The van der Waals surface area contributed by atoms with Crippen molar-refractivity contribution in [2.45, 2.75) is 32.9 Å². The van der Waals surface area contributed by atoms with Gasteiger partial charge in [-0.2, -0.15) is 13.2 Å². The molecule has 1 unspecified atom stereocenters. The van der Waals surface area contributed by atoms with Crippen LogP contribution in [0.4, 0.5) is 18.9 Å². The number of ether oxygens (including phenoxy) is 1. The lowest BCUT2D eigenvalue weighted by molar-refractivity contribution is -0.170. The molecule has 1 N–H and O–H groups in total. The summed E-state index contributed by atoms with van der Waals surface area (Å²) in [6.45, 7) is 10.1.